The van der Waals surface area contributed by atoms with Crippen molar-refractivity contribution in [3.63, 3.8) is 0 Å². The lowest BCUT2D eigenvalue weighted by atomic mass is 10.0. The number of aliphatic hydroxyl groups excluding tert-OH is 1. The van der Waals surface area contributed by atoms with Gasteiger partial charge in [-0.1, -0.05) is 25.1 Å². The van der Waals surface area contributed by atoms with Crippen LogP contribution in [0.3, 0.4) is 0 Å². The number of aryl methyl sites for hydroxylation is 2. The lowest BCUT2D eigenvalue weighted by Crippen LogP contribution is -1.95. The van der Waals surface area contributed by atoms with E-state index in [0.29, 0.717) is 0 Å². The Hall–Kier alpha value is -1.41. The molecule has 0 fully saturated rings. The summed E-state index contributed by atoms with van der Waals surface area (Å²) in [6, 6.07) is 8.08. The summed E-state index contributed by atoms with van der Waals surface area (Å²) >= 11 is 0. The topological polar surface area (TPSA) is 33.1 Å². The van der Waals surface area contributed by atoms with E-state index in [1.165, 1.54) is 5.56 Å². The normalized spacial score (nSPS) is 10.9. The fourth-order valence-corrected chi connectivity index (χ4v) is 1.94. The van der Waals surface area contributed by atoms with Crippen molar-refractivity contribution in [3.05, 3.63) is 41.1 Å². The second kappa shape index (κ2) is 3.99. The van der Waals surface area contributed by atoms with Crippen LogP contribution < -0.4 is 0 Å². The molecule has 0 atom stereocenters. The van der Waals surface area contributed by atoms with Crippen molar-refractivity contribution in [3.8, 4) is 0 Å². The Morgan fingerprint density at radius 3 is 2.73 bits per heavy atom. The number of fused-ring (bicyclic) bond motifs is 1. The number of aromatic nitrogens is 1. The molecular formula is C13H15NO. The van der Waals surface area contributed by atoms with Crippen molar-refractivity contribution in [1.29, 1.82) is 0 Å². The fraction of sp³-hybridized carbons (Fsp3) is 0.308. The number of rotatable bonds is 2. The molecule has 0 radical (unpaired) electrons. The zero-order chi connectivity index (χ0) is 10.8. The molecule has 15 heavy (non-hydrogen) atoms. The van der Waals surface area contributed by atoms with Crippen LogP contribution in [-0.2, 0) is 13.0 Å². The van der Waals surface area contributed by atoms with Crippen LogP contribution in [0, 0.1) is 6.92 Å². The van der Waals surface area contributed by atoms with Crippen LogP contribution in [0.5, 0.6) is 0 Å². The van der Waals surface area contributed by atoms with E-state index in [-0.39, 0.29) is 6.61 Å². The van der Waals surface area contributed by atoms with Crippen LogP contribution >= 0.6 is 0 Å². The van der Waals surface area contributed by atoms with E-state index in [9.17, 15) is 5.11 Å². The SMILES string of the molecule is CCc1cccc2c(CO)cc(C)nc12. The van der Waals surface area contributed by atoms with Gasteiger partial charge in [-0.05, 0) is 30.5 Å². The summed E-state index contributed by atoms with van der Waals surface area (Å²) in [6.45, 7) is 4.16. The van der Waals surface area contributed by atoms with Crippen molar-refractivity contribution in [2.75, 3.05) is 0 Å². The van der Waals surface area contributed by atoms with E-state index >= 15 is 0 Å². The van der Waals surface area contributed by atoms with Crippen LogP contribution in [0.4, 0.5) is 0 Å². The minimum Gasteiger partial charge on any atom is -0.392 e. The zero-order valence-corrected chi connectivity index (χ0v) is 9.12. The first-order chi connectivity index (χ1) is 7.26. The van der Waals surface area contributed by atoms with E-state index in [2.05, 4.69) is 18.0 Å². The highest BCUT2D eigenvalue weighted by Crippen LogP contribution is 2.22. The lowest BCUT2D eigenvalue weighted by Gasteiger charge is -2.08. The number of aliphatic hydroxyl groups is 1. The number of nitrogens with zero attached hydrogens (tertiary/aromatic N) is 1. The van der Waals surface area contributed by atoms with Crippen LogP contribution in [0.15, 0.2) is 24.3 Å². The highest BCUT2D eigenvalue weighted by molar-refractivity contribution is 5.85. The highest BCUT2D eigenvalue weighted by atomic mass is 16.3. The van der Waals surface area contributed by atoms with Gasteiger partial charge in [-0.25, -0.2) is 0 Å². The van der Waals surface area contributed by atoms with E-state index in [1.807, 2.05) is 25.1 Å². The summed E-state index contributed by atoms with van der Waals surface area (Å²) < 4.78 is 0. The van der Waals surface area contributed by atoms with E-state index < -0.39 is 0 Å². The van der Waals surface area contributed by atoms with Gasteiger partial charge in [-0.2, -0.15) is 0 Å². The number of para-hydroxylation sites is 1. The molecule has 0 amide bonds. The molecule has 0 saturated carbocycles. The van der Waals surface area contributed by atoms with Gasteiger partial charge in [-0.3, -0.25) is 4.98 Å². The summed E-state index contributed by atoms with van der Waals surface area (Å²) in [6.07, 6.45) is 0.971. The molecule has 1 aromatic heterocycles. The molecule has 0 saturated heterocycles. The van der Waals surface area contributed by atoms with Gasteiger partial charge >= 0.3 is 0 Å². The third kappa shape index (κ3) is 1.73. The second-order valence-electron chi connectivity index (χ2n) is 3.75. The van der Waals surface area contributed by atoms with E-state index in [0.717, 1.165) is 28.6 Å². The average molecular weight is 201 g/mol. The van der Waals surface area contributed by atoms with Gasteiger partial charge in [0.25, 0.3) is 0 Å². The van der Waals surface area contributed by atoms with Gasteiger partial charge in [0.1, 0.15) is 0 Å². The van der Waals surface area contributed by atoms with Gasteiger partial charge in [0.2, 0.25) is 0 Å². The lowest BCUT2D eigenvalue weighted by molar-refractivity contribution is 0.283. The summed E-state index contributed by atoms with van der Waals surface area (Å²) in [5.74, 6) is 0. The van der Waals surface area contributed by atoms with Gasteiger partial charge in [0.05, 0.1) is 12.1 Å². The molecule has 2 aromatic rings. The number of hydrogen-bond donors (Lipinski definition) is 1. The monoisotopic (exact) mass is 201 g/mol. The van der Waals surface area contributed by atoms with Crippen molar-refractivity contribution in [2.24, 2.45) is 0 Å². The minimum absolute atomic E-state index is 0.0764. The largest absolute Gasteiger partial charge is 0.392 e. The molecule has 78 valence electrons. The van der Waals surface area contributed by atoms with E-state index in [4.69, 9.17) is 0 Å². The van der Waals surface area contributed by atoms with Crippen molar-refractivity contribution in [2.45, 2.75) is 26.9 Å². The zero-order valence-electron chi connectivity index (χ0n) is 9.12. The molecule has 2 rings (SSSR count). The molecule has 0 aliphatic carbocycles. The predicted octanol–water partition coefficient (Wildman–Crippen LogP) is 2.60. The van der Waals surface area contributed by atoms with Gasteiger partial charge in [-0.15, -0.1) is 0 Å². The Kier molecular flexibility index (Phi) is 2.69. The molecule has 1 N–H and O–H groups in total. The molecular weight excluding hydrogens is 186 g/mol. The summed E-state index contributed by atoms with van der Waals surface area (Å²) in [4.78, 5) is 4.54. The Balaban J connectivity index is 2.82. The molecule has 2 nitrogen and oxygen atoms in total. The smallest absolute Gasteiger partial charge is 0.0740 e. The fourth-order valence-electron chi connectivity index (χ4n) is 1.94. The van der Waals surface area contributed by atoms with Crippen LogP contribution in [0.25, 0.3) is 10.9 Å². The van der Waals surface area contributed by atoms with Gasteiger partial charge in [0.15, 0.2) is 0 Å². The van der Waals surface area contributed by atoms with Crippen LogP contribution in [0.2, 0.25) is 0 Å². The minimum atomic E-state index is 0.0764. The maximum atomic E-state index is 9.30. The van der Waals surface area contributed by atoms with Crippen LogP contribution in [-0.4, -0.2) is 10.1 Å². The maximum absolute atomic E-state index is 9.30. The van der Waals surface area contributed by atoms with E-state index in [1.54, 1.807) is 0 Å². The van der Waals surface area contributed by atoms with Gasteiger partial charge < -0.3 is 5.11 Å². The summed E-state index contributed by atoms with van der Waals surface area (Å²) in [5.41, 5.74) is 4.20. The standard InChI is InChI=1S/C13H15NO/c1-3-10-5-4-6-12-11(8-15)7-9(2)14-13(10)12/h4-7,15H,3,8H2,1-2H3. The molecule has 2 heteroatoms. The Bertz CT molecular complexity index is 491. The van der Waals surface area contributed by atoms with Crippen LogP contribution in [0.1, 0.15) is 23.7 Å². The third-order valence-corrected chi connectivity index (χ3v) is 2.69. The quantitative estimate of drug-likeness (QED) is 0.810. The molecule has 0 unspecified atom stereocenters. The average Bonchev–Trinajstić information content (AvgIpc) is 2.27. The predicted molar refractivity (Wildman–Crippen MR) is 61.8 cm³/mol. The summed E-state index contributed by atoms with van der Waals surface area (Å²) in [5, 5.41) is 10.4. The molecule has 0 aliphatic heterocycles. The second-order valence-corrected chi connectivity index (χ2v) is 3.75. The Morgan fingerprint density at radius 1 is 1.27 bits per heavy atom. The van der Waals surface area contributed by atoms with Gasteiger partial charge in [0, 0.05) is 11.1 Å². The highest BCUT2D eigenvalue weighted by Gasteiger charge is 2.05. The summed E-state index contributed by atoms with van der Waals surface area (Å²) in [7, 11) is 0. The van der Waals surface area contributed by atoms with Crippen molar-refractivity contribution >= 4 is 10.9 Å². The molecule has 1 aromatic carbocycles. The molecule has 0 spiro atoms. The molecule has 0 bridgehead atoms. The van der Waals surface area contributed by atoms with Crippen molar-refractivity contribution < 1.29 is 5.11 Å². The first-order valence-electron chi connectivity index (χ1n) is 5.25. The van der Waals surface area contributed by atoms with Crippen molar-refractivity contribution in [1.82, 2.24) is 4.98 Å². The Morgan fingerprint density at radius 2 is 2.07 bits per heavy atom. The maximum Gasteiger partial charge on any atom is 0.0740 e. The molecule has 0 aliphatic rings. The Labute approximate surface area is 89.6 Å². The number of benzene rings is 1. The number of pyridine rings is 1. The first kappa shape index (κ1) is 10.1. The molecule has 1 heterocycles. The number of hydrogen-bond acceptors (Lipinski definition) is 2. The first-order valence-corrected chi connectivity index (χ1v) is 5.25. The third-order valence-electron chi connectivity index (χ3n) is 2.69.